The maximum Gasteiger partial charge on any atom is 0.324 e. The highest BCUT2D eigenvalue weighted by molar-refractivity contribution is 6.06. The topological polar surface area (TPSA) is 69.9 Å². The molecule has 1 aromatic carbocycles. The fraction of sp³-hybridized carbons (Fsp3) is 0.188. The van der Waals surface area contributed by atoms with Gasteiger partial charge in [0.1, 0.15) is 0 Å². The van der Waals surface area contributed by atoms with Gasteiger partial charge >= 0.3 is 11.9 Å². The molecular formula is C16H14N2O4. The molecular weight excluding hydrogens is 284 g/mol. The molecule has 0 amide bonds. The first kappa shape index (κ1) is 14.1. The van der Waals surface area contributed by atoms with Crippen LogP contribution in [0.5, 0.6) is 0 Å². The third-order valence-corrected chi connectivity index (χ3v) is 3.62. The zero-order valence-corrected chi connectivity index (χ0v) is 12.1. The maximum absolute atomic E-state index is 12.0. The van der Waals surface area contributed by atoms with Gasteiger partial charge in [-0.2, -0.15) is 5.10 Å². The third kappa shape index (κ3) is 2.09. The van der Waals surface area contributed by atoms with Gasteiger partial charge in [0.15, 0.2) is 5.92 Å². The van der Waals surface area contributed by atoms with Crippen LogP contribution >= 0.6 is 0 Å². The molecule has 0 bridgehead atoms. The molecule has 6 nitrogen and oxygen atoms in total. The summed E-state index contributed by atoms with van der Waals surface area (Å²) in [5.74, 6) is -2.50. The number of aromatic nitrogens is 2. The van der Waals surface area contributed by atoms with Gasteiger partial charge in [-0.3, -0.25) is 9.59 Å². The van der Waals surface area contributed by atoms with E-state index >= 15 is 0 Å². The minimum atomic E-state index is -1.15. The molecule has 2 aromatic heterocycles. The number of hydrogen-bond donors (Lipinski definition) is 0. The molecule has 0 saturated heterocycles. The number of methoxy groups -OCH3 is 2. The largest absolute Gasteiger partial charge is 0.468 e. The van der Waals surface area contributed by atoms with Crippen molar-refractivity contribution in [2.24, 2.45) is 0 Å². The fourth-order valence-electron chi connectivity index (χ4n) is 2.57. The number of benzene rings is 1. The summed E-state index contributed by atoms with van der Waals surface area (Å²) in [4.78, 5) is 24.1. The van der Waals surface area contributed by atoms with E-state index in [2.05, 4.69) is 5.10 Å². The lowest BCUT2D eigenvalue weighted by atomic mass is 9.98. The van der Waals surface area contributed by atoms with Crippen LogP contribution in [-0.4, -0.2) is 35.8 Å². The van der Waals surface area contributed by atoms with Crippen molar-refractivity contribution in [3.63, 3.8) is 0 Å². The van der Waals surface area contributed by atoms with Crippen molar-refractivity contribution in [3.8, 4) is 0 Å². The van der Waals surface area contributed by atoms with Crippen molar-refractivity contribution in [1.29, 1.82) is 0 Å². The maximum atomic E-state index is 12.0. The standard InChI is InChI=1S/C16H14N2O4/c1-21-15(19)13(16(20)22-2)12-9-17-18-8-7-10-5-3-4-6-11(10)14(12)18/h3-9,13H,1-2H3. The summed E-state index contributed by atoms with van der Waals surface area (Å²) in [5, 5.41) is 6.11. The van der Waals surface area contributed by atoms with Crippen LogP contribution in [0.3, 0.4) is 0 Å². The van der Waals surface area contributed by atoms with Crippen LogP contribution in [0.1, 0.15) is 11.5 Å². The number of fused-ring (bicyclic) bond motifs is 3. The Morgan fingerprint density at radius 1 is 1.09 bits per heavy atom. The number of ether oxygens (including phenoxy) is 2. The van der Waals surface area contributed by atoms with Crippen molar-refractivity contribution in [3.05, 3.63) is 48.3 Å². The molecule has 6 heteroatoms. The smallest absolute Gasteiger partial charge is 0.324 e. The van der Waals surface area contributed by atoms with Gasteiger partial charge in [0.25, 0.3) is 0 Å². The Morgan fingerprint density at radius 2 is 1.77 bits per heavy atom. The van der Waals surface area contributed by atoms with E-state index in [4.69, 9.17) is 9.47 Å². The number of esters is 2. The highest BCUT2D eigenvalue weighted by Crippen LogP contribution is 2.29. The highest BCUT2D eigenvalue weighted by atomic mass is 16.5. The third-order valence-electron chi connectivity index (χ3n) is 3.62. The van der Waals surface area contributed by atoms with Gasteiger partial charge in [0.2, 0.25) is 0 Å². The van der Waals surface area contributed by atoms with Crippen LogP contribution in [0.2, 0.25) is 0 Å². The summed E-state index contributed by atoms with van der Waals surface area (Å²) in [6.45, 7) is 0. The van der Waals surface area contributed by atoms with Crippen LogP contribution in [0, 0.1) is 0 Å². The average Bonchev–Trinajstić information content (AvgIpc) is 2.99. The number of hydrogen-bond acceptors (Lipinski definition) is 5. The Hall–Kier alpha value is -2.89. The van der Waals surface area contributed by atoms with E-state index in [0.717, 1.165) is 10.8 Å². The number of pyridine rings is 1. The van der Waals surface area contributed by atoms with Crippen LogP contribution < -0.4 is 0 Å². The Labute approximate surface area is 126 Å². The van der Waals surface area contributed by atoms with Crippen molar-refractivity contribution in [2.75, 3.05) is 14.2 Å². The van der Waals surface area contributed by atoms with Gasteiger partial charge in [-0.05, 0) is 11.5 Å². The minimum Gasteiger partial charge on any atom is -0.468 e. The van der Waals surface area contributed by atoms with Crippen LogP contribution in [0.4, 0.5) is 0 Å². The number of carbonyl (C=O) groups excluding carboxylic acids is 2. The van der Waals surface area contributed by atoms with Crippen molar-refractivity contribution in [2.45, 2.75) is 5.92 Å². The van der Waals surface area contributed by atoms with Gasteiger partial charge in [0, 0.05) is 17.1 Å². The fourth-order valence-corrected chi connectivity index (χ4v) is 2.57. The summed E-state index contributed by atoms with van der Waals surface area (Å²) in [6, 6.07) is 9.61. The SMILES string of the molecule is COC(=O)C(C(=O)OC)c1cnn2ccc3ccccc3c12. The molecule has 3 aromatic rings. The highest BCUT2D eigenvalue weighted by Gasteiger charge is 2.33. The second-order valence-corrected chi connectivity index (χ2v) is 4.78. The van der Waals surface area contributed by atoms with Crippen LogP contribution in [0.25, 0.3) is 16.3 Å². The molecule has 0 spiro atoms. The van der Waals surface area contributed by atoms with E-state index in [1.54, 1.807) is 10.7 Å². The second-order valence-electron chi connectivity index (χ2n) is 4.78. The lowest BCUT2D eigenvalue weighted by Crippen LogP contribution is -2.24. The first-order chi connectivity index (χ1) is 10.7. The Balaban J connectivity index is 2.31. The van der Waals surface area contributed by atoms with Gasteiger partial charge < -0.3 is 9.47 Å². The normalized spacial score (nSPS) is 11.0. The summed E-state index contributed by atoms with van der Waals surface area (Å²) in [7, 11) is 2.48. The van der Waals surface area contributed by atoms with E-state index < -0.39 is 17.9 Å². The van der Waals surface area contributed by atoms with Gasteiger partial charge in [-0.25, -0.2) is 4.52 Å². The van der Waals surface area contributed by atoms with Crippen LogP contribution in [0.15, 0.2) is 42.7 Å². The first-order valence-electron chi connectivity index (χ1n) is 6.68. The van der Waals surface area contributed by atoms with Crippen molar-refractivity contribution >= 4 is 28.2 Å². The van der Waals surface area contributed by atoms with Crippen molar-refractivity contribution < 1.29 is 19.1 Å². The zero-order chi connectivity index (χ0) is 15.7. The van der Waals surface area contributed by atoms with Gasteiger partial charge in [0.05, 0.1) is 25.9 Å². The van der Waals surface area contributed by atoms with E-state index in [1.807, 2.05) is 30.3 Å². The minimum absolute atomic E-state index is 0.468. The Morgan fingerprint density at radius 3 is 2.45 bits per heavy atom. The van der Waals surface area contributed by atoms with E-state index in [-0.39, 0.29) is 0 Å². The molecule has 0 atom stereocenters. The number of carbonyl (C=O) groups is 2. The molecule has 0 unspecified atom stereocenters. The monoisotopic (exact) mass is 298 g/mol. The number of nitrogens with zero attached hydrogens (tertiary/aromatic N) is 2. The summed E-state index contributed by atoms with van der Waals surface area (Å²) in [6.07, 6.45) is 3.28. The molecule has 0 saturated carbocycles. The predicted octanol–water partition coefficient (Wildman–Crippen LogP) is 1.92. The molecule has 112 valence electrons. The summed E-state index contributed by atoms with van der Waals surface area (Å²) < 4.78 is 11.1. The Kier molecular flexibility index (Phi) is 3.50. The Bertz CT molecular complexity index is 853. The molecule has 0 aliphatic heterocycles. The molecule has 0 N–H and O–H groups in total. The van der Waals surface area contributed by atoms with Gasteiger partial charge in [-0.15, -0.1) is 0 Å². The molecule has 2 heterocycles. The average molecular weight is 298 g/mol. The predicted molar refractivity (Wildman–Crippen MR) is 79.5 cm³/mol. The molecule has 0 radical (unpaired) electrons. The van der Waals surface area contributed by atoms with E-state index in [0.29, 0.717) is 11.1 Å². The van der Waals surface area contributed by atoms with E-state index in [1.165, 1.54) is 20.4 Å². The lowest BCUT2D eigenvalue weighted by Gasteiger charge is -2.12. The number of rotatable bonds is 3. The molecule has 0 aliphatic carbocycles. The lowest BCUT2D eigenvalue weighted by molar-refractivity contribution is -0.154. The second kappa shape index (κ2) is 5.48. The molecule has 0 fully saturated rings. The zero-order valence-electron chi connectivity index (χ0n) is 12.1. The van der Waals surface area contributed by atoms with Gasteiger partial charge in [-0.1, -0.05) is 24.3 Å². The molecule has 0 aliphatic rings. The quantitative estimate of drug-likeness (QED) is 0.546. The molecule has 3 rings (SSSR count). The summed E-state index contributed by atoms with van der Waals surface area (Å²) >= 11 is 0. The summed E-state index contributed by atoms with van der Waals surface area (Å²) in [5.41, 5.74) is 1.16. The molecule has 22 heavy (non-hydrogen) atoms. The first-order valence-corrected chi connectivity index (χ1v) is 6.68. The van der Waals surface area contributed by atoms with Crippen LogP contribution in [-0.2, 0) is 19.1 Å². The van der Waals surface area contributed by atoms with Crippen molar-refractivity contribution in [1.82, 2.24) is 9.61 Å². The van der Waals surface area contributed by atoms with E-state index in [9.17, 15) is 9.59 Å².